The molecule has 0 heterocycles. The van der Waals surface area contributed by atoms with Gasteiger partial charge in [-0.05, 0) is 42.5 Å². The zero-order valence-electron chi connectivity index (χ0n) is 11.0. The van der Waals surface area contributed by atoms with Crippen LogP contribution < -0.4 is 4.74 Å². The monoisotopic (exact) mass is 244 g/mol. The van der Waals surface area contributed by atoms with Gasteiger partial charge in [0.15, 0.2) is 0 Å². The van der Waals surface area contributed by atoms with Crippen molar-refractivity contribution in [1.29, 1.82) is 0 Å². The van der Waals surface area contributed by atoms with Crippen LogP contribution in [0.1, 0.15) is 49.7 Å². The molecule has 0 radical (unpaired) electrons. The van der Waals surface area contributed by atoms with Crippen LogP contribution in [0.25, 0.3) is 0 Å². The Labute approximate surface area is 108 Å². The number of ketones is 1. The third-order valence-electron chi connectivity index (χ3n) is 4.69. The summed E-state index contributed by atoms with van der Waals surface area (Å²) in [5.74, 6) is 1.34. The third kappa shape index (κ3) is 1.66. The van der Waals surface area contributed by atoms with Gasteiger partial charge in [-0.2, -0.15) is 0 Å². The van der Waals surface area contributed by atoms with Crippen LogP contribution in [0.15, 0.2) is 18.2 Å². The van der Waals surface area contributed by atoms with Crippen molar-refractivity contribution in [3.05, 3.63) is 29.3 Å². The summed E-state index contributed by atoms with van der Waals surface area (Å²) in [4.78, 5) is 12.5. The molecule has 96 valence electrons. The maximum absolute atomic E-state index is 12.5. The number of carbonyl (C=O) groups is 1. The second kappa shape index (κ2) is 4.42. The smallest absolute Gasteiger partial charge is 0.143 e. The van der Waals surface area contributed by atoms with Gasteiger partial charge in [0, 0.05) is 6.42 Å². The first-order chi connectivity index (χ1) is 8.76. The molecule has 1 fully saturated rings. The van der Waals surface area contributed by atoms with Crippen molar-refractivity contribution in [3.8, 4) is 5.75 Å². The van der Waals surface area contributed by atoms with E-state index < -0.39 is 0 Å². The van der Waals surface area contributed by atoms with Crippen LogP contribution in [0.3, 0.4) is 0 Å². The summed E-state index contributed by atoms with van der Waals surface area (Å²) in [5, 5.41) is 0. The number of carbonyl (C=O) groups excluding carboxylic acids is 1. The van der Waals surface area contributed by atoms with E-state index >= 15 is 0 Å². The summed E-state index contributed by atoms with van der Waals surface area (Å²) in [5.41, 5.74) is 2.44. The summed E-state index contributed by atoms with van der Waals surface area (Å²) >= 11 is 0. The van der Waals surface area contributed by atoms with E-state index in [2.05, 4.69) is 12.1 Å². The van der Waals surface area contributed by atoms with Crippen molar-refractivity contribution in [3.63, 3.8) is 0 Å². The van der Waals surface area contributed by atoms with Gasteiger partial charge in [-0.1, -0.05) is 25.3 Å². The van der Waals surface area contributed by atoms with Gasteiger partial charge in [0.05, 0.1) is 12.5 Å². The number of aryl methyl sites for hydroxylation is 1. The van der Waals surface area contributed by atoms with Gasteiger partial charge < -0.3 is 4.74 Å². The molecule has 2 heteroatoms. The molecular weight excluding hydrogens is 224 g/mol. The SMILES string of the molecule is COc1ccc2c(c1)C1(CCCCC1)C(=O)CC2. The Balaban J connectivity index is 2.12. The van der Waals surface area contributed by atoms with E-state index in [-0.39, 0.29) is 5.41 Å². The van der Waals surface area contributed by atoms with Gasteiger partial charge in [0.1, 0.15) is 11.5 Å². The summed E-state index contributed by atoms with van der Waals surface area (Å²) in [7, 11) is 1.69. The number of rotatable bonds is 1. The normalized spacial score (nSPS) is 21.7. The Bertz CT molecular complexity index is 470. The second-order valence-electron chi connectivity index (χ2n) is 5.59. The second-order valence-corrected chi connectivity index (χ2v) is 5.59. The molecule has 2 aliphatic rings. The molecule has 0 aromatic heterocycles. The zero-order chi connectivity index (χ0) is 12.6. The lowest BCUT2D eigenvalue weighted by molar-refractivity contribution is -0.126. The van der Waals surface area contributed by atoms with E-state index in [1.807, 2.05) is 6.07 Å². The minimum atomic E-state index is -0.180. The predicted molar refractivity (Wildman–Crippen MR) is 71.1 cm³/mol. The molecule has 0 N–H and O–H groups in total. The summed E-state index contributed by atoms with van der Waals surface area (Å²) in [6, 6.07) is 6.28. The first-order valence-electron chi connectivity index (χ1n) is 6.97. The predicted octanol–water partition coefficient (Wildman–Crippen LogP) is 3.41. The summed E-state index contributed by atoms with van der Waals surface area (Å²) in [6.45, 7) is 0. The highest BCUT2D eigenvalue weighted by Crippen LogP contribution is 2.46. The van der Waals surface area contributed by atoms with Crippen molar-refractivity contribution in [2.24, 2.45) is 0 Å². The number of Topliss-reactive ketones (excluding diaryl/α,β-unsaturated/α-hetero) is 1. The highest BCUT2D eigenvalue weighted by molar-refractivity contribution is 5.92. The molecule has 0 amide bonds. The lowest BCUT2D eigenvalue weighted by Gasteiger charge is -2.40. The standard InChI is InChI=1S/C16H20O2/c1-18-13-7-5-12-6-8-15(17)16(14(12)11-13)9-3-2-4-10-16/h5,7,11H,2-4,6,8-10H2,1H3. The number of fused-ring (bicyclic) bond motifs is 2. The van der Waals surface area contributed by atoms with Gasteiger partial charge in [0.25, 0.3) is 0 Å². The quantitative estimate of drug-likeness (QED) is 0.756. The molecule has 3 rings (SSSR count). The minimum absolute atomic E-state index is 0.180. The molecule has 1 aromatic carbocycles. The highest BCUT2D eigenvalue weighted by Gasteiger charge is 2.44. The molecular formula is C16H20O2. The number of methoxy groups -OCH3 is 1. The van der Waals surface area contributed by atoms with Gasteiger partial charge >= 0.3 is 0 Å². The van der Waals surface area contributed by atoms with Crippen molar-refractivity contribution in [2.75, 3.05) is 7.11 Å². The van der Waals surface area contributed by atoms with Crippen molar-refractivity contribution in [2.45, 2.75) is 50.4 Å². The molecule has 0 aliphatic heterocycles. The first kappa shape index (κ1) is 11.8. The van der Waals surface area contributed by atoms with E-state index in [1.165, 1.54) is 30.4 Å². The average molecular weight is 244 g/mol. The molecule has 2 aliphatic carbocycles. The van der Waals surface area contributed by atoms with Gasteiger partial charge in [-0.15, -0.1) is 0 Å². The highest BCUT2D eigenvalue weighted by atomic mass is 16.5. The number of ether oxygens (including phenoxy) is 1. The fourth-order valence-corrected chi connectivity index (χ4v) is 3.69. The van der Waals surface area contributed by atoms with E-state index in [4.69, 9.17) is 4.74 Å². The van der Waals surface area contributed by atoms with Crippen LogP contribution in [0.4, 0.5) is 0 Å². The van der Waals surface area contributed by atoms with E-state index in [1.54, 1.807) is 7.11 Å². The van der Waals surface area contributed by atoms with Crippen molar-refractivity contribution in [1.82, 2.24) is 0 Å². The van der Waals surface area contributed by atoms with Crippen LogP contribution in [0, 0.1) is 0 Å². The maximum Gasteiger partial charge on any atom is 0.143 e. The van der Waals surface area contributed by atoms with Gasteiger partial charge in [-0.3, -0.25) is 4.79 Å². The first-order valence-corrected chi connectivity index (χ1v) is 6.97. The zero-order valence-corrected chi connectivity index (χ0v) is 11.0. The minimum Gasteiger partial charge on any atom is -0.497 e. The molecule has 18 heavy (non-hydrogen) atoms. The summed E-state index contributed by atoms with van der Waals surface area (Å²) < 4.78 is 5.34. The largest absolute Gasteiger partial charge is 0.497 e. The molecule has 0 bridgehead atoms. The van der Waals surface area contributed by atoms with Crippen LogP contribution in [0.2, 0.25) is 0 Å². The Hall–Kier alpha value is -1.31. The Morgan fingerprint density at radius 1 is 1.11 bits per heavy atom. The van der Waals surface area contributed by atoms with Crippen molar-refractivity contribution < 1.29 is 9.53 Å². The van der Waals surface area contributed by atoms with Crippen molar-refractivity contribution >= 4 is 5.78 Å². The number of benzene rings is 1. The Kier molecular flexibility index (Phi) is 2.89. The molecule has 0 unspecified atom stereocenters. The third-order valence-corrected chi connectivity index (χ3v) is 4.69. The van der Waals surface area contributed by atoms with Crippen LogP contribution in [0.5, 0.6) is 5.75 Å². The number of hydrogen-bond donors (Lipinski definition) is 0. The number of hydrogen-bond acceptors (Lipinski definition) is 2. The van der Waals surface area contributed by atoms with Gasteiger partial charge in [0.2, 0.25) is 0 Å². The molecule has 1 spiro atoms. The Morgan fingerprint density at radius 2 is 1.89 bits per heavy atom. The van der Waals surface area contributed by atoms with Crippen LogP contribution >= 0.6 is 0 Å². The fourth-order valence-electron chi connectivity index (χ4n) is 3.69. The Morgan fingerprint density at radius 3 is 2.61 bits per heavy atom. The van der Waals surface area contributed by atoms with Gasteiger partial charge in [-0.25, -0.2) is 0 Å². The summed E-state index contributed by atoms with van der Waals surface area (Å²) in [6.07, 6.45) is 7.33. The molecule has 0 saturated heterocycles. The lowest BCUT2D eigenvalue weighted by Crippen LogP contribution is -2.41. The van der Waals surface area contributed by atoms with E-state index in [9.17, 15) is 4.79 Å². The average Bonchev–Trinajstić information content (AvgIpc) is 2.44. The maximum atomic E-state index is 12.5. The van der Waals surface area contributed by atoms with E-state index in [0.29, 0.717) is 5.78 Å². The van der Waals surface area contributed by atoms with Crippen LogP contribution in [-0.2, 0) is 16.6 Å². The topological polar surface area (TPSA) is 26.3 Å². The fraction of sp³-hybridized carbons (Fsp3) is 0.562. The van der Waals surface area contributed by atoms with E-state index in [0.717, 1.165) is 31.4 Å². The molecule has 0 atom stereocenters. The molecule has 1 aromatic rings. The lowest BCUT2D eigenvalue weighted by atomic mass is 9.62. The van der Waals surface area contributed by atoms with Crippen LogP contribution in [-0.4, -0.2) is 12.9 Å². The molecule has 2 nitrogen and oxygen atoms in total. The molecule has 1 saturated carbocycles.